The molecule has 2 heterocycles. The van der Waals surface area contributed by atoms with Crippen molar-refractivity contribution in [2.75, 3.05) is 24.6 Å². The zero-order valence-corrected chi connectivity index (χ0v) is 13.3. The number of fused-ring (bicyclic) bond motifs is 1. The van der Waals surface area contributed by atoms with Crippen molar-refractivity contribution in [2.24, 2.45) is 0 Å². The van der Waals surface area contributed by atoms with Crippen LogP contribution in [-0.4, -0.2) is 25.6 Å². The lowest BCUT2D eigenvalue weighted by Crippen LogP contribution is -2.27. The van der Waals surface area contributed by atoms with Gasteiger partial charge in [-0.1, -0.05) is 12.1 Å². The lowest BCUT2D eigenvalue weighted by molar-refractivity contribution is -0.115. The SMILES string of the molecule is COc1ccc(C2SCC(=O)N2c2ccc3c(c2)OCO3)cc1. The van der Waals surface area contributed by atoms with Gasteiger partial charge >= 0.3 is 0 Å². The molecule has 2 aliphatic heterocycles. The molecule has 0 saturated carbocycles. The second-order valence-electron chi connectivity index (χ2n) is 5.24. The first-order chi connectivity index (χ1) is 11.3. The van der Waals surface area contributed by atoms with Crippen LogP contribution in [0, 0.1) is 0 Å². The molecule has 0 aromatic heterocycles. The van der Waals surface area contributed by atoms with E-state index in [2.05, 4.69) is 0 Å². The van der Waals surface area contributed by atoms with Crippen LogP contribution in [0.4, 0.5) is 5.69 Å². The number of methoxy groups -OCH3 is 1. The fourth-order valence-corrected chi connectivity index (χ4v) is 3.93. The van der Waals surface area contributed by atoms with Crippen LogP contribution < -0.4 is 19.1 Å². The van der Waals surface area contributed by atoms with Gasteiger partial charge in [-0.3, -0.25) is 9.69 Å². The third-order valence-electron chi connectivity index (χ3n) is 3.90. The molecule has 118 valence electrons. The van der Waals surface area contributed by atoms with Crippen LogP contribution in [0.25, 0.3) is 0 Å². The van der Waals surface area contributed by atoms with E-state index >= 15 is 0 Å². The van der Waals surface area contributed by atoms with Gasteiger partial charge in [0.1, 0.15) is 11.1 Å². The van der Waals surface area contributed by atoms with E-state index < -0.39 is 0 Å². The monoisotopic (exact) mass is 329 g/mol. The van der Waals surface area contributed by atoms with Crippen molar-refractivity contribution in [1.29, 1.82) is 0 Å². The first-order valence-electron chi connectivity index (χ1n) is 7.23. The van der Waals surface area contributed by atoms with E-state index in [1.54, 1.807) is 18.9 Å². The normalized spacial score (nSPS) is 19.3. The molecule has 6 heteroatoms. The van der Waals surface area contributed by atoms with Gasteiger partial charge in [-0.15, -0.1) is 11.8 Å². The molecule has 1 saturated heterocycles. The number of carbonyl (C=O) groups is 1. The highest BCUT2D eigenvalue weighted by molar-refractivity contribution is 8.00. The number of thioether (sulfide) groups is 1. The summed E-state index contributed by atoms with van der Waals surface area (Å²) in [5.41, 5.74) is 1.89. The Hall–Kier alpha value is -2.34. The van der Waals surface area contributed by atoms with Crippen molar-refractivity contribution in [3.8, 4) is 17.2 Å². The predicted molar refractivity (Wildman–Crippen MR) is 88.2 cm³/mol. The molecule has 23 heavy (non-hydrogen) atoms. The van der Waals surface area contributed by atoms with Crippen LogP contribution in [0.2, 0.25) is 0 Å². The van der Waals surface area contributed by atoms with E-state index in [0.29, 0.717) is 17.3 Å². The van der Waals surface area contributed by atoms with Crippen LogP contribution in [0.3, 0.4) is 0 Å². The van der Waals surface area contributed by atoms with Gasteiger partial charge in [0.25, 0.3) is 0 Å². The smallest absolute Gasteiger partial charge is 0.238 e. The summed E-state index contributed by atoms with van der Waals surface area (Å²) in [6.45, 7) is 0.226. The molecule has 1 atom stereocenters. The van der Waals surface area contributed by atoms with E-state index in [4.69, 9.17) is 14.2 Å². The van der Waals surface area contributed by atoms with E-state index in [1.807, 2.05) is 47.4 Å². The van der Waals surface area contributed by atoms with Gasteiger partial charge in [-0.2, -0.15) is 0 Å². The molecule has 4 rings (SSSR count). The molecule has 2 aliphatic rings. The summed E-state index contributed by atoms with van der Waals surface area (Å²) in [6.07, 6.45) is 0. The number of rotatable bonds is 3. The van der Waals surface area contributed by atoms with Crippen molar-refractivity contribution in [1.82, 2.24) is 0 Å². The van der Waals surface area contributed by atoms with Gasteiger partial charge < -0.3 is 14.2 Å². The Morgan fingerprint density at radius 3 is 2.70 bits per heavy atom. The highest BCUT2D eigenvalue weighted by Crippen LogP contribution is 2.44. The van der Waals surface area contributed by atoms with Gasteiger partial charge in [0.05, 0.1) is 12.9 Å². The van der Waals surface area contributed by atoms with Crippen molar-refractivity contribution in [3.05, 3.63) is 48.0 Å². The minimum Gasteiger partial charge on any atom is -0.497 e. The number of hydrogen-bond donors (Lipinski definition) is 0. The van der Waals surface area contributed by atoms with Crippen molar-refractivity contribution < 1.29 is 19.0 Å². The summed E-state index contributed by atoms with van der Waals surface area (Å²) in [4.78, 5) is 14.2. The highest BCUT2D eigenvalue weighted by atomic mass is 32.2. The summed E-state index contributed by atoms with van der Waals surface area (Å²) < 4.78 is 16.0. The Balaban J connectivity index is 1.68. The molecular weight excluding hydrogens is 314 g/mol. The molecule has 0 bridgehead atoms. The van der Waals surface area contributed by atoms with Crippen molar-refractivity contribution in [2.45, 2.75) is 5.37 Å². The number of nitrogens with zero attached hydrogens (tertiary/aromatic N) is 1. The summed E-state index contributed by atoms with van der Waals surface area (Å²) in [7, 11) is 1.64. The molecule has 0 aliphatic carbocycles. The molecule has 5 nitrogen and oxygen atoms in total. The maximum absolute atomic E-state index is 12.4. The molecule has 0 radical (unpaired) electrons. The summed E-state index contributed by atoms with van der Waals surface area (Å²) in [5, 5.41) is -0.0474. The molecule has 1 fully saturated rings. The summed E-state index contributed by atoms with van der Waals surface area (Å²) >= 11 is 1.62. The van der Waals surface area contributed by atoms with E-state index in [-0.39, 0.29) is 18.1 Å². The fraction of sp³-hybridized carbons (Fsp3) is 0.235. The number of carbonyl (C=O) groups excluding carboxylic acids is 1. The zero-order valence-electron chi connectivity index (χ0n) is 12.5. The molecule has 0 N–H and O–H groups in total. The quantitative estimate of drug-likeness (QED) is 0.865. The number of ether oxygens (including phenoxy) is 3. The molecule has 1 unspecified atom stereocenters. The minimum atomic E-state index is -0.0474. The maximum atomic E-state index is 12.4. The summed E-state index contributed by atoms with van der Waals surface area (Å²) in [6, 6.07) is 13.4. The minimum absolute atomic E-state index is 0.0474. The number of hydrogen-bond acceptors (Lipinski definition) is 5. The zero-order chi connectivity index (χ0) is 15.8. The Bertz CT molecular complexity index is 747. The maximum Gasteiger partial charge on any atom is 0.238 e. The molecule has 2 aromatic carbocycles. The first kappa shape index (κ1) is 14.3. The third kappa shape index (κ3) is 2.49. The van der Waals surface area contributed by atoms with Crippen molar-refractivity contribution in [3.63, 3.8) is 0 Å². The lowest BCUT2D eigenvalue weighted by atomic mass is 10.1. The van der Waals surface area contributed by atoms with Crippen molar-refractivity contribution >= 4 is 23.4 Å². The predicted octanol–water partition coefficient (Wildman–Crippen LogP) is 3.20. The summed E-state index contributed by atoms with van der Waals surface area (Å²) in [5.74, 6) is 2.76. The second-order valence-corrected chi connectivity index (χ2v) is 6.31. The van der Waals surface area contributed by atoms with E-state index in [1.165, 1.54) is 0 Å². The molecule has 2 aromatic rings. The second kappa shape index (κ2) is 5.70. The van der Waals surface area contributed by atoms with Gasteiger partial charge in [-0.25, -0.2) is 0 Å². The van der Waals surface area contributed by atoms with Gasteiger partial charge in [0.15, 0.2) is 11.5 Å². The van der Waals surface area contributed by atoms with Crippen LogP contribution in [0.15, 0.2) is 42.5 Å². The fourth-order valence-electron chi connectivity index (χ4n) is 2.75. The molecular formula is C17H15NO4S. The highest BCUT2D eigenvalue weighted by Gasteiger charge is 2.34. The third-order valence-corrected chi connectivity index (χ3v) is 5.12. The number of anilines is 1. The Morgan fingerprint density at radius 1 is 1.13 bits per heavy atom. The topological polar surface area (TPSA) is 48.0 Å². The van der Waals surface area contributed by atoms with E-state index in [9.17, 15) is 4.79 Å². The van der Waals surface area contributed by atoms with Crippen LogP contribution in [0.5, 0.6) is 17.2 Å². The van der Waals surface area contributed by atoms with Gasteiger partial charge in [0.2, 0.25) is 12.7 Å². The van der Waals surface area contributed by atoms with Gasteiger partial charge in [-0.05, 0) is 29.8 Å². The molecule has 0 spiro atoms. The lowest BCUT2D eigenvalue weighted by Gasteiger charge is -2.24. The Morgan fingerprint density at radius 2 is 1.91 bits per heavy atom. The largest absolute Gasteiger partial charge is 0.497 e. The molecule has 1 amide bonds. The van der Waals surface area contributed by atoms with E-state index in [0.717, 1.165) is 17.0 Å². The standard InChI is InChI=1S/C17H15NO4S/c1-20-13-5-2-11(3-6-13)17-18(16(19)9-23-17)12-4-7-14-15(8-12)22-10-21-14/h2-8,17H,9-10H2,1H3. The Kier molecular flexibility index (Phi) is 3.53. The van der Waals surface area contributed by atoms with Crippen LogP contribution >= 0.6 is 11.8 Å². The Labute approximate surface area is 138 Å². The van der Waals surface area contributed by atoms with Crippen LogP contribution in [0.1, 0.15) is 10.9 Å². The number of benzene rings is 2. The van der Waals surface area contributed by atoms with Gasteiger partial charge in [0, 0.05) is 11.8 Å². The van der Waals surface area contributed by atoms with Crippen LogP contribution in [-0.2, 0) is 4.79 Å². The number of amides is 1. The first-order valence-corrected chi connectivity index (χ1v) is 8.28. The average Bonchev–Trinajstić information content (AvgIpc) is 3.20. The average molecular weight is 329 g/mol.